The highest BCUT2D eigenvalue weighted by molar-refractivity contribution is 5.93. The Kier molecular flexibility index (Phi) is 3.21. The average Bonchev–Trinajstić information content (AvgIpc) is 2.48. The van der Waals surface area contributed by atoms with Crippen LogP contribution in [0.2, 0.25) is 0 Å². The maximum Gasteiger partial charge on any atom is 0.165 e. The summed E-state index contributed by atoms with van der Waals surface area (Å²) in [6, 6.07) is 12.3. The molecule has 0 aliphatic rings. The van der Waals surface area contributed by atoms with Crippen LogP contribution in [0.3, 0.4) is 0 Å². The molecule has 100 valence electrons. The lowest BCUT2D eigenvalue weighted by atomic mass is 10.1. The van der Waals surface area contributed by atoms with Gasteiger partial charge in [-0.05, 0) is 35.2 Å². The standard InChI is InChI=1S/C16H13FN2O/c17-14-8-11(4-5-16(14)20)9-19-15-3-1-2-12-6-7-18-10-13(12)15/h1-8,10,19-20H,9H2. The molecule has 0 radical (unpaired) electrons. The summed E-state index contributed by atoms with van der Waals surface area (Å²) in [4.78, 5) is 4.12. The molecule has 0 bridgehead atoms. The molecule has 2 N–H and O–H groups in total. The summed E-state index contributed by atoms with van der Waals surface area (Å²) in [5.74, 6) is -0.938. The van der Waals surface area contributed by atoms with Crippen LogP contribution < -0.4 is 5.32 Å². The molecule has 3 aromatic rings. The maximum absolute atomic E-state index is 13.3. The van der Waals surface area contributed by atoms with Crippen LogP contribution in [0, 0.1) is 5.82 Å². The van der Waals surface area contributed by atoms with E-state index in [-0.39, 0.29) is 5.75 Å². The zero-order valence-electron chi connectivity index (χ0n) is 10.7. The van der Waals surface area contributed by atoms with Gasteiger partial charge >= 0.3 is 0 Å². The lowest BCUT2D eigenvalue weighted by Gasteiger charge is -2.10. The molecule has 0 saturated carbocycles. The Bertz CT molecular complexity index is 753. The van der Waals surface area contributed by atoms with Crippen molar-refractivity contribution in [2.24, 2.45) is 0 Å². The van der Waals surface area contributed by atoms with Gasteiger partial charge in [-0.15, -0.1) is 0 Å². The summed E-state index contributed by atoms with van der Waals surface area (Å²) >= 11 is 0. The molecule has 1 aromatic heterocycles. The number of aromatic nitrogens is 1. The number of nitrogens with one attached hydrogen (secondary N) is 1. The molecule has 0 aliphatic heterocycles. The summed E-state index contributed by atoms with van der Waals surface area (Å²) < 4.78 is 13.3. The van der Waals surface area contributed by atoms with Crippen LogP contribution in [0.1, 0.15) is 5.56 Å². The summed E-state index contributed by atoms with van der Waals surface area (Å²) in [5, 5.41) is 14.6. The van der Waals surface area contributed by atoms with Crippen LogP contribution in [0.5, 0.6) is 5.75 Å². The van der Waals surface area contributed by atoms with E-state index >= 15 is 0 Å². The van der Waals surface area contributed by atoms with Gasteiger partial charge in [0.2, 0.25) is 0 Å². The van der Waals surface area contributed by atoms with Gasteiger partial charge in [0.1, 0.15) is 0 Å². The Morgan fingerprint density at radius 1 is 1.15 bits per heavy atom. The van der Waals surface area contributed by atoms with Crippen molar-refractivity contribution >= 4 is 16.5 Å². The molecule has 0 spiro atoms. The van der Waals surface area contributed by atoms with E-state index in [1.54, 1.807) is 18.5 Å². The first-order valence-electron chi connectivity index (χ1n) is 6.28. The summed E-state index contributed by atoms with van der Waals surface area (Å²) in [5.41, 5.74) is 1.71. The highest BCUT2D eigenvalue weighted by Gasteiger charge is 2.03. The van der Waals surface area contributed by atoms with Gasteiger partial charge in [-0.1, -0.05) is 18.2 Å². The molecule has 0 atom stereocenters. The van der Waals surface area contributed by atoms with E-state index in [2.05, 4.69) is 10.3 Å². The molecule has 0 aliphatic carbocycles. The number of phenols is 1. The summed E-state index contributed by atoms with van der Waals surface area (Å²) in [6.45, 7) is 0.477. The highest BCUT2D eigenvalue weighted by atomic mass is 19.1. The van der Waals surface area contributed by atoms with Gasteiger partial charge in [0.15, 0.2) is 11.6 Å². The number of pyridine rings is 1. The van der Waals surface area contributed by atoms with Crippen molar-refractivity contribution in [1.82, 2.24) is 4.98 Å². The van der Waals surface area contributed by atoms with Crippen molar-refractivity contribution in [2.45, 2.75) is 6.54 Å². The summed E-state index contributed by atoms with van der Waals surface area (Å²) in [6.07, 6.45) is 3.55. The Morgan fingerprint density at radius 2 is 2.05 bits per heavy atom. The molecule has 2 aromatic carbocycles. The molecule has 3 rings (SSSR count). The van der Waals surface area contributed by atoms with E-state index in [0.29, 0.717) is 6.54 Å². The number of hydrogen-bond donors (Lipinski definition) is 2. The molecule has 0 amide bonds. The largest absolute Gasteiger partial charge is 0.505 e. The summed E-state index contributed by atoms with van der Waals surface area (Å²) in [7, 11) is 0. The van der Waals surface area contributed by atoms with Gasteiger partial charge in [0, 0.05) is 30.0 Å². The van der Waals surface area contributed by atoms with Gasteiger partial charge in [0.25, 0.3) is 0 Å². The molecule has 0 fully saturated rings. The van der Waals surface area contributed by atoms with Gasteiger partial charge in [0.05, 0.1) is 0 Å². The number of benzene rings is 2. The van der Waals surface area contributed by atoms with Crippen LogP contribution in [0.4, 0.5) is 10.1 Å². The topological polar surface area (TPSA) is 45.1 Å². The first kappa shape index (κ1) is 12.4. The minimum Gasteiger partial charge on any atom is -0.505 e. The maximum atomic E-state index is 13.3. The van der Waals surface area contributed by atoms with Crippen LogP contribution >= 0.6 is 0 Å². The van der Waals surface area contributed by atoms with E-state index in [9.17, 15) is 4.39 Å². The van der Waals surface area contributed by atoms with Gasteiger partial charge in [-0.3, -0.25) is 4.98 Å². The minimum absolute atomic E-state index is 0.330. The molecule has 0 unspecified atom stereocenters. The predicted molar refractivity (Wildman–Crippen MR) is 77.1 cm³/mol. The van der Waals surface area contributed by atoms with Gasteiger partial charge in [-0.2, -0.15) is 0 Å². The third-order valence-electron chi connectivity index (χ3n) is 3.18. The zero-order chi connectivity index (χ0) is 13.9. The average molecular weight is 268 g/mol. The molecule has 3 nitrogen and oxygen atoms in total. The zero-order valence-corrected chi connectivity index (χ0v) is 10.7. The van der Waals surface area contributed by atoms with Crippen molar-refractivity contribution < 1.29 is 9.50 Å². The number of aromatic hydroxyl groups is 1. The molecular formula is C16H13FN2O. The number of fused-ring (bicyclic) bond motifs is 1. The number of anilines is 1. The number of phenolic OH excluding ortho intramolecular Hbond substituents is 1. The predicted octanol–water partition coefficient (Wildman–Crippen LogP) is 3.69. The Morgan fingerprint density at radius 3 is 2.90 bits per heavy atom. The van der Waals surface area contributed by atoms with Gasteiger partial charge < -0.3 is 10.4 Å². The number of rotatable bonds is 3. The van der Waals surface area contributed by atoms with Crippen LogP contribution in [-0.2, 0) is 6.54 Å². The second kappa shape index (κ2) is 5.17. The molecule has 1 heterocycles. The van der Waals surface area contributed by atoms with Crippen LogP contribution in [0.15, 0.2) is 54.9 Å². The van der Waals surface area contributed by atoms with E-state index in [4.69, 9.17) is 5.11 Å². The SMILES string of the molecule is Oc1ccc(CNc2cccc3ccncc23)cc1F. The quantitative estimate of drug-likeness (QED) is 0.761. The first-order valence-corrected chi connectivity index (χ1v) is 6.28. The van der Waals surface area contributed by atoms with E-state index in [1.165, 1.54) is 12.1 Å². The second-order valence-electron chi connectivity index (χ2n) is 4.54. The van der Waals surface area contributed by atoms with Crippen molar-refractivity contribution in [3.8, 4) is 5.75 Å². The first-order chi connectivity index (χ1) is 9.74. The Hall–Kier alpha value is -2.62. The van der Waals surface area contributed by atoms with Gasteiger partial charge in [-0.25, -0.2) is 4.39 Å². The number of halogens is 1. The smallest absolute Gasteiger partial charge is 0.165 e. The minimum atomic E-state index is -0.608. The van der Waals surface area contributed by atoms with Crippen molar-refractivity contribution in [3.05, 3.63) is 66.2 Å². The van der Waals surface area contributed by atoms with E-state index in [0.717, 1.165) is 22.0 Å². The number of hydrogen-bond acceptors (Lipinski definition) is 3. The molecule has 0 saturated heterocycles. The monoisotopic (exact) mass is 268 g/mol. The fraction of sp³-hybridized carbons (Fsp3) is 0.0625. The second-order valence-corrected chi connectivity index (χ2v) is 4.54. The van der Waals surface area contributed by atoms with Crippen LogP contribution in [-0.4, -0.2) is 10.1 Å². The number of nitrogens with zero attached hydrogens (tertiary/aromatic N) is 1. The van der Waals surface area contributed by atoms with Crippen LogP contribution in [0.25, 0.3) is 10.8 Å². The van der Waals surface area contributed by atoms with Crippen molar-refractivity contribution in [3.63, 3.8) is 0 Å². The molecule has 4 heteroatoms. The van der Waals surface area contributed by atoms with Crippen molar-refractivity contribution in [2.75, 3.05) is 5.32 Å². The fourth-order valence-corrected chi connectivity index (χ4v) is 2.13. The molecular weight excluding hydrogens is 255 g/mol. The normalized spacial score (nSPS) is 10.7. The van der Waals surface area contributed by atoms with E-state index in [1.807, 2.05) is 24.3 Å². The molecule has 20 heavy (non-hydrogen) atoms. The highest BCUT2D eigenvalue weighted by Crippen LogP contribution is 2.23. The Labute approximate surface area is 115 Å². The lowest BCUT2D eigenvalue weighted by Crippen LogP contribution is -2.00. The third kappa shape index (κ3) is 2.40. The lowest BCUT2D eigenvalue weighted by molar-refractivity contribution is 0.432. The van der Waals surface area contributed by atoms with Crippen molar-refractivity contribution in [1.29, 1.82) is 0 Å². The fourth-order valence-electron chi connectivity index (χ4n) is 2.13. The Balaban J connectivity index is 1.85. The van der Waals surface area contributed by atoms with E-state index < -0.39 is 5.82 Å². The third-order valence-corrected chi connectivity index (χ3v) is 3.18.